The van der Waals surface area contributed by atoms with Gasteiger partial charge in [0.2, 0.25) is 0 Å². The van der Waals surface area contributed by atoms with E-state index in [1.165, 1.54) is 6.07 Å². The predicted octanol–water partition coefficient (Wildman–Crippen LogP) is 1.41. The van der Waals surface area contributed by atoms with Crippen molar-refractivity contribution in [3.63, 3.8) is 0 Å². The zero-order valence-corrected chi connectivity index (χ0v) is 10.1. The summed E-state index contributed by atoms with van der Waals surface area (Å²) in [7, 11) is 1.71. The first-order chi connectivity index (χ1) is 8.17. The van der Waals surface area contributed by atoms with Gasteiger partial charge in [-0.2, -0.15) is 0 Å². The first kappa shape index (κ1) is 12.2. The maximum Gasteiger partial charge on any atom is 0.160 e. The third-order valence-electron chi connectivity index (χ3n) is 3.56. The Bertz CT molecular complexity index is 386. The number of hydrogen-bond acceptors (Lipinski definition) is 4. The number of benzene rings is 1. The van der Waals surface area contributed by atoms with Crippen molar-refractivity contribution >= 4 is 0 Å². The second kappa shape index (κ2) is 4.94. The average Bonchev–Trinajstić information content (AvgIpc) is 2.36. The molecule has 17 heavy (non-hydrogen) atoms. The average molecular weight is 237 g/mol. The Morgan fingerprint density at radius 3 is 2.65 bits per heavy atom. The van der Waals surface area contributed by atoms with Crippen molar-refractivity contribution < 1.29 is 14.9 Å². The second-order valence-electron chi connectivity index (χ2n) is 4.60. The molecule has 0 radical (unpaired) electrons. The molecule has 0 unspecified atom stereocenters. The third kappa shape index (κ3) is 2.53. The number of aromatic hydroxyl groups is 2. The summed E-state index contributed by atoms with van der Waals surface area (Å²) < 4.78 is 5.64. The lowest BCUT2D eigenvalue weighted by Crippen LogP contribution is -2.44. The van der Waals surface area contributed by atoms with Crippen LogP contribution in [-0.2, 0) is 11.2 Å². The minimum Gasteiger partial charge on any atom is -0.504 e. The Kier molecular flexibility index (Phi) is 3.54. The van der Waals surface area contributed by atoms with Gasteiger partial charge in [-0.3, -0.25) is 0 Å². The van der Waals surface area contributed by atoms with Gasteiger partial charge >= 0.3 is 0 Å². The minimum absolute atomic E-state index is 0.0255. The molecule has 0 atom stereocenters. The molecule has 1 aromatic carbocycles. The second-order valence-corrected chi connectivity index (χ2v) is 4.60. The molecule has 1 aliphatic rings. The molecule has 0 saturated carbocycles. The normalized spacial score (nSPS) is 19.1. The summed E-state index contributed by atoms with van der Waals surface area (Å²) in [4.78, 5) is 0. The van der Waals surface area contributed by atoms with Crippen LogP contribution in [0.25, 0.3) is 0 Å². The maximum atomic E-state index is 9.82. The van der Waals surface area contributed by atoms with Gasteiger partial charge in [-0.25, -0.2) is 0 Å². The van der Waals surface area contributed by atoms with Crippen molar-refractivity contribution in [3.05, 3.63) is 23.8 Å². The number of methoxy groups -OCH3 is 1. The van der Waals surface area contributed by atoms with Gasteiger partial charge in [0.1, 0.15) is 0 Å². The van der Waals surface area contributed by atoms with E-state index in [2.05, 4.69) is 5.32 Å². The molecule has 0 aliphatic carbocycles. The zero-order valence-electron chi connectivity index (χ0n) is 10.1. The van der Waals surface area contributed by atoms with Gasteiger partial charge in [-0.05, 0) is 32.0 Å². The largest absolute Gasteiger partial charge is 0.504 e. The molecule has 1 heterocycles. The third-order valence-corrected chi connectivity index (χ3v) is 3.56. The van der Waals surface area contributed by atoms with Crippen LogP contribution in [0.5, 0.6) is 11.5 Å². The number of ether oxygens (including phenoxy) is 1. The molecule has 0 aromatic heterocycles. The van der Waals surface area contributed by atoms with Gasteiger partial charge in [0, 0.05) is 19.1 Å². The summed E-state index contributed by atoms with van der Waals surface area (Å²) in [6.07, 6.45) is 2.46. The van der Waals surface area contributed by atoms with Crippen molar-refractivity contribution in [2.45, 2.75) is 24.9 Å². The zero-order chi connectivity index (χ0) is 12.3. The highest BCUT2D eigenvalue weighted by Crippen LogP contribution is 2.34. The molecule has 1 fully saturated rings. The van der Waals surface area contributed by atoms with Crippen molar-refractivity contribution in [3.8, 4) is 11.5 Å². The summed E-state index contributed by atoms with van der Waals surface area (Å²) in [6.45, 7) is 1.85. The first-order valence-corrected chi connectivity index (χ1v) is 5.92. The molecule has 4 heteroatoms. The lowest BCUT2D eigenvalue weighted by atomic mass is 9.85. The highest BCUT2D eigenvalue weighted by atomic mass is 16.5. The van der Waals surface area contributed by atoms with E-state index in [4.69, 9.17) is 4.74 Å². The van der Waals surface area contributed by atoms with E-state index in [0.717, 1.165) is 31.5 Å². The quantitative estimate of drug-likeness (QED) is 0.696. The van der Waals surface area contributed by atoms with Crippen LogP contribution >= 0.6 is 0 Å². The smallest absolute Gasteiger partial charge is 0.160 e. The Hall–Kier alpha value is -1.26. The standard InChI is InChI=1S/C13H19NO3/c1-17-13(5-7-14-8-6-13)9-10-3-2-4-11(15)12(10)16/h2-4,14-16H,5-9H2,1H3. The molecule has 0 bridgehead atoms. The number of piperidine rings is 1. The van der Waals surface area contributed by atoms with Gasteiger partial charge in [0.25, 0.3) is 0 Å². The van der Waals surface area contributed by atoms with Crippen LogP contribution < -0.4 is 5.32 Å². The van der Waals surface area contributed by atoms with Crippen LogP contribution in [-0.4, -0.2) is 36.0 Å². The molecular formula is C13H19NO3. The fourth-order valence-corrected chi connectivity index (χ4v) is 2.40. The number of phenols is 2. The first-order valence-electron chi connectivity index (χ1n) is 5.92. The van der Waals surface area contributed by atoms with Gasteiger partial charge in [-0.15, -0.1) is 0 Å². The van der Waals surface area contributed by atoms with E-state index >= 15 is 0 Å². The predicted molar refractivity (Wildman–Crippen MR) is 65.3 cm³/mol. The van der Waals surface area contributed by atoms with Gasteiger partial charge in [-0.1, -0.05) is 12.1 Å². The molecule has 1 aliphatic heterocycles. The maximum absolute atomic E-state index is 9.82. The molecule has 0 amide bonds. The van der Waals surface area contributed by atoms with E-state index in [-0.39, 0.29) is 17.1 Å². The Balaban J connectivity index is 2.20. The van der Waals surface area contributed by atoms with E-state index in [0.29, 0.717) is 6.42 Å². The monoisotopic (exact) mass is 237 g/mol. The fourth-order valence-electron chi connectivity index (χ4n) is 2.40. The van der Waals surface area contributed by atoms with E-state index in [1.54, 1.807) is 13.2 Å². The van der Waals surface area contributed by atoms with Crippen LogP contribution in [0.4, 0.5) is 0 Å². The highest BCUT2D eigenvalue weighted by molar-refractivity contribution is 5.44. The van der Waals surface area contributed by atoms with Crippen LogP contribution in [0.3, 0.4) is 0 Å². The highest BCUT2D eigenvalue weighted by Gasteiger charge is 2.32. The molecule has 0 spiro atoms. The van der Waals surface area contributed by atoms with Crippen molar-refractivity contribution in [2.24, 2.45) is 0 Å². The number of hydrogen-bond donors (Lipinski definition) is 3. The molecular weight excluding hydrogens is 218 g/mol. The van der Waals surface area contributed by atoms with Crippen LogP contribution in [0.2, 0.25) is 0 Å². The number of rotatable bonds is 3. The number of para-hydroxylation sites is 1. The van der Waals surface area contributed by atoms with Gasteiger partial charge in [0.05, 0.1) is 5.60 Å². The molecule has 4 nitrogen and oxygen atoms in total. The summed E-state index contributed by atoms with van der Waals surface area (Å²) >= 11 is 0. The SMILES string of the molecule is COC1(Cc2cccc(O)c2O)CCNCC1. The van der Waals surface area contributed by atoms with Gasteiger partial charge < -0.3 is 20.3 Å². The van der Waals surface area contributed by atoms with Crippen molar-refractivity contribution in [1.29, 1.82) is 0 Å². The minimum atomic E-state index is -0.226. The molecule has 1 aromatic rings. The fraction of sp³-hybridized carbons (Fsp3) is 0.538. The topological polar surface area (TPSA) is 61.7 Å². The summed E-state index contributed by atoms with van der Waals surface area (Å²) in [5.41, 5.74) is 0.519. The van der Waals surface area contributed by atoms with E-state index in [1.807, 2.05) is 6.07 Å². The molecule has 94 valence electrons. The molecule has 1 saturated heterocycles. The van der Waals surface area contributed by atoms with Gasteiger partial charge in [0.15, 0.2) is 11.5 Å². The number of nitrogens with one attached hydrogen (secondary N) is 1. The lowest BCUT2D eigenvalue weighted by molar-refractivity contribution is -0.0337. The van der Waals surface area contributed by atoms with Crippen LogP contribution in [0.15, 0.2) is 18.2 Å². The van der Waals surface area contributed by atoms with Crippen molar-refractivity contribution in [1.82, 2.24) is 5.32 Å². The summed E-state index contributed by atoms with van der Waals surface area (Å²) in [5.74, 6) is -0.0925. The van der Waals surface area contributed by atoms with E-state index in [9.17, 15) is 10.2 Å². The van der Waals surface area contributed by atoms with Crippen molar-refractivity contribution in [2.75, 3.05) is 20.2 Å². The summed E-state index contributed by atoms with van der Waals surface area (Å²) in [6, 6.07) is 5.06. The van der Waals surface area contributed by atoms with E-state index < -0.39 is 0 Å². The Morgan fingerprint density at radius 2 is 2.00 bits per heavy atom. The lowest BCUT2D eigenvalue weighted by Gasteiger charge is -2.36. The molecule has 3 N–H and O–H groups in total. The van der Waals surface area contributed by atoms with Crippen LogP contribution in [0.1, 0.15) is 18.4 Å². The number of phenolic OH excluding ortho intramolecular Hbond substituents is 2. The Morgan fingerprint density at radius 1 is 1.29 bits per heavy atom. The summed E-state index contributed by atoms with van der Waals surface area (Å²) in [5, 5.41) is 22.6. The Labute approximate surface area is 101 Å². The molecule has 2 rings (SSSR count). The van der Waals surface area contributed by atoms with Crippen LogP contribution in [0, 0.1) is 0 Å².